The summed E-state index contributed by atoms with van der Waals surface area (Å²) in [5.41, 5.74) is 1.89. The lowest BCUT2D eigenvalue weighted by Crippen LogP contribution is -1.93. The molecule has 1 aromatic carbocycles. The Balaban J connectivity index is 1.75. The van der Waals surface area contributed by atoms with Crippen molar-refractivity contribution in [1.29, 1.82) is 5.26 Å². The number of aromatic nitrogens is 8. The first kappa shape index (κ1) is 12.4. The first-order valence-corrected chi connectivity index (χ1v) is 5.81. The van der Waals surface area contributed by atoms with Crippen LogP contribution < -0.4 is 5.32 Å². The van der Waals surface area contributed by atoms with Gasteiger partial charge in [-0.25, -0.2) is 0 Å². The second-order valence-corrected chi connectivity index (χ2v) is 3.86. The van der Waals surface area contributed by atoms with Crippen molar-refractivity contribution in [2.45, 2.75) is 0 Å². The highest BCUT2D eigenvalue weighted by Crippen LogP contribution is 2.17. The van der Waals surface area contributed by atoms with Crippen molar-refractivity contribution < 1.29 is 0 Å². The molecule has 0 atom stereocenters. The number of nitriles is 1. The summed E-state index contributed by atoms with van der Waals surface area (Å²) in [5.74, 6) is 0.745. The van der Waals surface area contributed by atoms with Crippen LogP contribution in [-0.4, -0.2) is 41.2 Å². The Hall–Kier alpha value is -3.61. The van der Waals surface area contributed by atoms with Gasteiger partial charge >= 0.3 is 0 Å². The summed E-state index contributed by atoms with van der Waals surface area (Å²) >= 11 is 0. The molecule has 2 aromatic heterocycles. The van der Waals surface area contributed by atoms with Crippen molar-refractivity contribution in [1.82, 2.24) is 41.2 Å². The molecule has 102 valence electrons. The van der Waals surface area contributed by atoms with Gasteiger partial charge in [-0.3, -0.25) is 0 Å². The van der Waals surface area contributed by atoms with E-state index in [1.807, 2.05) is 30.3 Å². The molecule has 10 nitrogen and oxygen atoms in total. The minimum atomic E-state index is 0.230. The molecule has 3 rings (SSSR count). The van der Waals surface area contributed by atoms with E-state index >= 15 is 0 Å². The van der Waals surface area contributed by atoms with Crippen molar-refractivity contribution >= 4 is 11.3 Å². The Morgan fingerprint density at radius 3 is 2.48 bits per heavy atom. The van der Waals surface area contributed by atoms with E-state index < -0.39 is 0 Å². The Bertz CT molecular complexity index is 764. The van der Waals surface area contributed by atoms with Crippen LogP contribution in [0.5, 0.6) is 0 Å². The minimum absolute atomic E-state index is 0.230. The largest absolute Gasteiger partial charge is 0.360 e. The SMILES string of the molecule is N#CC(=CNc1ccc(-c2nn[nH]n2)cc1)c1nn[nH]n1. The Morgan fingerprint density at radius 1 is 1.10 bits per heavy atom. The molecule has 0 spiro atoms. The molecule has 0 saturated carbocycles. The van der Waals surface area contributed by atoms with E-state index in [0.29, 0.717) is 5.82 Å². The van der Waals surface area contributed by atoms with Gasteiger partial charge in [-0.2, -0.15) is 15.7 Å². The second kappa shape index (κ2) is 5.57. The fourth-order valence-electron chi connectivity index (χ4n) is 1.58. The summed E-state index contributed by atoms with van der Waals surface area (Å²) in [6, 6.07) is 9.31. The third-order valence-corrected chi connectivity index (χ3v) is 2.58. The van der Waals surface area contributed by atoms with Gasteiger partial charge in [-0.1, -0.05) is 0 Å². The van der Waals surface area contributed by atoms with Gasteiger partial charge in [-0.15, -0.1) is 20.4 Å². The summed E-state index contributed by atoms with van der Waals surface area (Å²) in [4.78, 5) is 0. The minimum Gasteiger partial charge on any atom is -0.360 e. The van der Waals surface area contributed by atoms with Crippen molar-refractivity contribution in [3.05, 3.63) is 36.3 Å². The van der Waals surface area contributed by atoms with E-state index in [4.69, 9.17) is 5.26 Å². The van der Waals surface area contributed by atoms with Gasteiger partial charge in [0.2, 0.25) is 11.6 Å². The smallest absolute Gasteiger partial charge is 0.216 e. The highest BCUT2D eigenvalue weighted by atomic mass is 15.5. The first-order chi connectivity index (χ1) is 10.4. The zero-order valence-electron chi connectivity index (χ0n) is 10.5. The third-order valence-electron chi connectivity index (χ3n) is 2.58. The zero-order chi connectivity index (χ0) is 14.5. The zero-order valence-corrected chi connectivity index (χ0v) is 10.5. The van der Waals surface area contributed by atoms with Crippen LogP contribution in [0.25, 0.3) is 17.0 Å². The summed E-state index contributed by atoms with van der Waals surface area (Å²) in [6.45, 7) is 0. The lowest BCUT2D eigenvalue weighted by Gasteiger charge is -2.01. The standard InChI is InChI=1S/C11H8N10/c12-5-8(11-16-20-21-17-11)6-13-9-3-1-7(2-4-9)10-14-18-19-15-10/h1-4,6,13H,(H,14,15,18,19)(H,16,17,20,21). The molecule has 3 aromatic rings. The predicted octanol–water partition coefficient (Wildman–Crippen LogP) is 0.356. The summed E-state index contributed by atoms with van der Waals surface area (Å²) in [6.07, 6.45) is 1.51. The highest BCUT2D eigenvalue weighted by Gasteiger charge is 2.05. The van der Waals surface area contributed by atoms with Crippen molar-refractivity contribution in [3.63, 3.8) is 0 Å². The number of rotatable bonds is 4. The molecule has 0 aliphatic heterocycles. The normalized spacial score (nSPS) is 11.1. The monoisotopic (exact) mass is 280 g/mol. The first-order valence-electron chi connectivity index (χ1n) is 5.81. The molecule has 21 heavy (non-hydrogen) atoms. The van der Waals surface area contributed by atoms with Crippen LogP contribution in [0.15, 0.2) is 30.5 Å². The number of aromatic amines is 2. The number of allylic oxidation sites excluding steroid dienone is 1. The molecule has 0 saturated heterocycles. The summed E-state index contributed by atoms with van der Waals surface area (Å²) < 4.78 is 0. The van der Waals surface area contributed by atoms with Crippen molar-refractivity contribution in [2.24, 2.45) is 0 Å². The van der Waals surface area contributed by atoms with Gasteiger partial charge in [0, 0.05) is 17.5 Å². The lowest BCUT2D eigenvalue weighted by atomic mass is 10.2. The number of hydrogen-bond donors (Lipinski definition) is 3. The maximum absolute atomic E-state index is 9.04. The van der Waals surface area contributed by atoms with E-state index in [9.17, 15) is 0 Å². The number of hydrogen-bond acceptors (Lipinski definition) is 8. The van der Waals surface area contributed by atoms with Crippen LogP contribution in [0.3, 0.4) is 0 Å². The Kier molecular flexibility index (Phi) is 3.30. The summed E-state index contributed by atoms with van der Waals surface area (Å²) in [5, 5.41) is 38.9. The van der Waals surface area contributed by atoms with Crippen LogP contribution >= 0.6 is 0 Å². The second-order valence-electron chi connectivity index (χ2n) is 3.86. The van der Waals surface area contributed by atoms with Gasteiger partial charge in [0.25, 0.3) is 0 Å². The summed E-state index contributed by atoms with van der Waals surface area (Å²) in [7, 11) is 0. The van der Waals surface area contributed by atoms with E-state index in [1.165, 1.54) is 6.20 Å². The molecule has 10 heteroatoms. The van der Waals surface area contributed by atoms with Crippen LogP contribution in [0, 0.1) is 11.3 Å². The van der Waals surface area contributed by atoms with E-state index in [1.54, 1.807) is 0 Å². The highest BCUT2D eigenvalue weighted by molar-refractivity contribution is 5.74. The maximum atomic E-state index is 9.04. The molecule has 0 fully saturated rings. The quantitative estimate of drug-likeness (QED) is 0.580. The van der Waals surface area contributed by atoms with Gasteiger partial charge in [0.05, 0.1) is 0 Å². The predicted molar refractivity (Wildman–Crippen MR) is 71.0 cm³/mol. The fraction of sp³-hybridized carbons (Fsp3) is 0. The molecule has 0 bridgehead atoms. The molecular weight excluding hydrogens is 272 g/mol. The van der Waals surface area contributed by atoms with Crippen LogP contribution in [-0.2, 0) is 0 Å². The average molecular weight is 280 g/mol. The average Bonchev–Trinajstić information content (AvgIpc) is 3.22. The van der Waals surface area contributed by atoms with Gasteiger partial charge in [0.15, 0.2) is 0 Å². The molecule has 0 aliphatic carbocycles. The molecular formula is C11H8N10. The topological polar surface area (TPSA) is 145 Å². The van der Waals surface area contributed by atoms with E-state index in [0.717, 1.165) is 11.3 Å². The van der Waals surface area contributed by atoms with Gasteiger partial charge in [0.1, 0.15) is 11.6 Å². The number of anilines is 1. The molecule has 0 aliphatic rings. The Morgan fingerprint density at radius 2 is 1.86 bits per heavy atom. The van der Waals surface area contributed by atoms with Crippen LogP contribution in [0.2, 0.25) is 0 Å². The van der Waals surface area contributed by atoms with Gasteiger partial charge in [-0.05, 0) is 34.7 Å². The van der Waals surface area contributed by atoms with Gasteiger partial charge < -0.3 is 5.32 Å². The molecule has 0 unspecified atom stereocenters. The third kappa shape index (κ3) is 2.71. The van der Waals surface area contributed by atoms with Crippen LogP contribution in [0.4, 0.5) is 5.69 Å². The lowest BCUT2D eigenvalue weighted by molar-refractivity contribution is 0.881. The van der Waals surface area contributed by atoms with Crippen molar-refractivity contribution in [3.8, 4) is 17.5 Å². The molecule has 0 amide bonds. The van der Waals surface area contributed by atoms with Crippen molar-refractivity contribution in [2.75, 3.05) is 5.32 Å². The van der Waals surface area contributed by atoms with E-state index in [2.05, 4.69) is 46.6 Å². The number of nitrogens with one attached hydrogen (secondary N) is 3. The molecule has 2 heterocycles. The Labute approximate surface area is 117 Å². The van der Waals surface area contributed by atoms with E-state index in [-0.39, 0.29) is 11.4 Å². The number of benzene rings is 1. The molecule has 3 N–H and O–H groups in total. The number of H-pyrrole nitrogens is 2. The number of tetrazole rings is 2. The van der Waals surface area contributed by atoms with Crippen LogP contribution in [0.1, 0.15) is 5.82 Å². The fourth-order valence-corrected chi connectivity index (χ4v) is 1.58. The molecule has 0 radical (unpaired) electrons. The number of nitrogens with zero attached hydrogens (tertiary/aromatic N) is 7. The maximum Gasteiger partial charge on any atom is 0.216 e.